The lowest BCUT2D eigenvalue weighted by Gasteiger charge is -2.23. The van der Waals surface area contributed by atoms with Gasteiger partial charge in [-0.25, -0.2) is 4.39 Å². The molecule has 0 aliphatic carbocycles. The molecule has 3 heteroatoms. The van der Waals surface area contributed by atoms with Crippen molar-refractivity contribution >= 4 is 5.69 Å². The monoisotopic (exact) mass is 224 g/mol. The molecule has 2 N–H and O–H groups in total. The van der Waals surface area contributed by atoms with Crippen molar-refractivity contribution in [1.29, 1.82) is 0 Å². The quantitative estimate of drug-likeness (QED) is 0.779. The Hall–Kier alpha value is -1.09. The summed E-state index contributed by atoms with van der Waals surface area (Å²) >= 11 is 0. The van der Waals surface area contributed by atoms with E-state index in [9.17, 15) is 4.39 Å². The predicted molar refractivity (Wildman–Crippen MR) is 66.6 cm³/mol. The molecule has 2 nitrogen and oxygen atoms in total. The van der Waals surface area contributed by atoms with Gasteiger partial charge in [0, 0.05) is 13.1 Å². The van der Waals surface area contributed by atoms with Crippen molar-refractivity contribution in [3.8, 4) is 0 Å². The minimum Gasteiger partial charge on any atom is -0.396 e. The van der Waals surface area contributed by atoms with E-state index >= 15 is 0 Å². The van der Waals surface area contributed by atoms with Crippen molar-refractivity contribution < 1.29 is 4.39 Å². The van der Waals surface area contributed by atoms with Crippen molar-refractivity contribution in [3.05, 3.63) is 29.6 Å². The van der Waals surface area contributed by atoms with Gasteiger partial charge in [0.2, 0.25) is 0 Å². The van der Waals surface area contributed by atoms with Crippen LogP contribution in [0.1, 0.15) is 26.3 Å². The molecule has 0 aliphatic heterocycles. The number of anilines is 1. The van der Waals surface area contributed by atoms with E-state index in [2.05, 4.69) is 25.7 Å². The van der Waals surface area contributed by atoms with Gasteiger partial charge in [-0.3, -0.25) is 4.90 Å². The summed E-state index contributed by atoms with van der Waals surface area (Å²) in [7, 11) is 0. The maximum Gasteiger partial charge on any atom is 0.146 e. The molecule has 16 heavy (non-hydrogen) atoms. The van der Waals surface area contributed by atoms with E-state index in [-0.39, 0.29) is 11.5 Å². The van der Waals surface area contributed by atoms with Gasteiger partial charge >= 0.3 is 0 Å². The fraction of sp³-hybridized carbons (Fsp3) is 0.538. The van der Waals surface area contributed by atoms with Crippen LogP contribution in [-0.2, 0) is 6.54 Å². The van der Waals surface area contributed by atoms with Crippen LogP contribution in [0.4, 0.5) is 10.1 Å². The normalized spacial score (nSPS) is 11.4. The highest BCUT2D eigenvalue weighted by Gasteiger charge is 2.10. The van der Waals surface area contributed by atoms with E-state index in [1.807, 2.05) is 6.07 Å². The molecule has 90 valence electrons. The fourth-order valence-corrected chi connectivity index (χ4v) is 1.78. The highest BCUT2D eigenvalue weighted by molar-refractivity contribution is 5.47. The van der Waals surface area contributed by atoms with Gasteiger partial charge in [0.15, 0.2) is 0 Å². The standard InChI is InChI=1S/C13H21FN2/c1-4-16(8-10(2)3)9-11-6-5-7-12(14)13(11)15/h5-7,10H,4,8-9,15H2,1-3H3. The fourth-order valence-electron chi connectivity index (χ4n) is 1.78. The Labute approximate surface area is 97.3 Å². The first kappa shape index (κ1) is 13.0. The molecule has 0 fully saturated rings. The minimum atomic E-state index is -0.321. The number of para-hydroxylation sites is 1. The van der Waals surface area contributed by atoms with E-state index in [4.69, 9.17) is 5.73 Å². The smallest absolute Gasteiger partial charge is 0.146 e. The van der Waals surface area contributed by atoms with Crippen molar-refractivity contribution in [2.24, 2.45) is 5.92 Å². The van der Waals surface area contributed by atoms with Crippen LogP contribution in [0.3, 0.4) is 0 Å². The highest BCUT2D eigenvalue weighted by atomic mass is 19.1. The van der Waals surface area contributed by atoms with E-state index in [0.717, 1.165) is 25.2 Å². The lowest BCUT2D eigenvalue weighted by atomic mass is 10.1. The molecule has 0 amide bonds. The molecule has 1 aromatic carbocycles. The Morgan fingerprint density at radius 3 is 2.62 bits per heavy atom. The maximum absolute atomic E-state index is 13.3. The van der Waals surface area contributed by atoms with Crippen molar-refractivity contribution in [1.82, 2.24) is 4.90 Å². The predicted octanol–water partition coefficient (Wildman–Crippen LogP) is 2.89. The van der Waals surface area contributed by atoms with Gasteiger partial charge in [0.05, 0.1) is 5.69 Å². The molecule has 0 radical (unpaired) electrons. The van der Waals surface area contributed by atoms with E-state index in [1.54, 1.807) is 6.07 Å². The highest BCUT2D eigenvalue weighted by Crippen LogP contribution is 2.18. The number of nitrogens with zero attached hydrogens (tertiary/aromatic N) is 1. The molecule has 0 saturated carbocycles. The molecule has 0 bridgehead atoms. The van der Waals surface area contributed by atoms with Crippen LogP contribution in [-0.4, -0.2) is 18.0 Å². The molecule has 0 saturated heterocycles. The molecule has 0 heterocycles. The second-order valence-corrected chi connectivity index (χ2v) is 4.53. The first-order chi connectivity index (χ1) is 7.54. The Kier molecular flexibility index (Phi) is 4.74. The number of benzene rings is 1. The molecule has 1 rings (SSSR count). The van der Waals surface area contributed by atoms with Gasteiger partial charge in [-0.15, -0.1) is 0 Å². The van der Waals surface area contributed by atoms with Gasteiger partial charge < -0.3 is 5.73 Å². The van der Waals surface area contributed by atoms with Crippen molar-refractivity contribution in [2.75, 3.05) is 18.8 Å². The van der Waals surface area contributed by atoms with E-state index in [0.29, 0.717) is 5.92 Å². The number of hydrogen-bond donors (Lipinski definition) is 1. The second kappa shape index (κ2) is 5.85. The summed E-state index contributed by atoms with van der Waals surface area (Å²) in [6.07, 6.45) is 0. The molecule has 0 unspecified atom stereocenters. The Bertz CT molecular complexity index is 337. The van der Waals surface area contributed by atoms with Crippen molar-refractivity contribution in [2.45, 2.75) is 27.3 Å². The average molecular weight is 224 g/mol. The van der Waals surface area contributed by atoms with Gasteiger partial charge in [-0.1, -0.05) is 32.9 Å². The van der Waals surface area contributed by atoms with Crippen LogP contribution in [0.5, 0.6) is 0 Å². The molecular formula is C13H21FN2. The summed E-state index contributed by atoms with van der Waals surface area (Å²) in [6.45, 7) is 9.14. The molecule has 0 aliphatic rings. The minimum absolute atomic E-state index is 0.282. The van der Waals surface area contributed by atoms with Gasteiger partial charge in [-0.2, -0.15) is 0 Å². The van der Waals surface area contributed by atoms with Crippen LogP contribution < -0.4 is 5.73 Å². The first-order valence-corrected chi connectivity index (χ1v) is 5.79. The van der Waals surface area contributed by atoms with Crippen LogP contribution in [0, 0.1) is 11.7 Å². The number of hydrogen-bond acceptors (Lipinski definition) is 2. The lowest BCUT2D eigenvalue weighted by Crippen LogP contribution is -2.27. The average Bonchev–Trinajstić information content (AvgIpc) is 2.23. The van der Waals surface area contributed by atoms with Crippen LogP contribution in [0.25, 0.3) is 0 Å². The number of nitrogen functional groups attached to an aromatic ring is 1. The van der Waals surface area contributed by atoms with E-state index < -0.39 is 0 Å². The Balaban J connectivity index is 2.74. The Morgan fingerprint density at radius 1 is 1.38 bits per heavy atom. The van der Waals surface area contributed by atoms with Crippen molar-refractivity contribution in [3.63, 3.8) is 0 Å². The summed E-state index contributed by atoms with van der Waals surface area (Å²) in [5, 5.41) is 0. The van der Waals surface area contributed by atoms with Gasteiger partial charge in [-0.05, 0) is 24.1 Å². The lowest BCUT2D eigenvalue weighted by molar-refractivity contribution is 0.248. The number of rotatable bonds is 5. The molecular weight excluding hydrogens is 203 g/mol. The van der Waals surface area contributed by atoms with Crippen LogP contribution >= 0.6 is 0 Å². The largest absolute Gasteiger partial charge is 0.396 e. The van der Waals surface area contributed by atoms with Gasteiger partial charge in [0.1, 0.15) is 5.82 Å². The third kappa shape index (κ3) is 3.49. The second-order valence-electron chi connectivity index (χ2n) is 4.53. The summed E-state index contributed by atoms with van der Waals surface area (Å²) in [5.74, 6) is 0.285. The van der Waals surface area contributed by atoms with E-state index in [1.165, 1.54) is 6.07 Å². The Morgan fingerprint density at radius 2 is 2.06 bits per heavy atom. The molecule has 1 aromatic rings. The zero-order valence-corrected chi connectivity index (χ0v) is 10.3. The summed E-state index contributed by atoms with van der Waals surface area (Å²) in [5.41, 5.74) is 6.87. The molecule has 0 atom stereocenters. The third-order valence-electron chi connectivity index (χ3n) is 2.61. The first-order valence-electron chi connectivity index (χ1n) is 5.79. The SMILES string of the molecule is CCN(Cc1cccc(F)c1N)CC(C)C. The van der Waals surface area contributed by atoms with Crippen LogP contribution in [0.15, 0.2) is 18.2 Å². The third-order valence-corrected chi connectivity index (χ3v) is 2.61. The van der Waals surface area contributed by atoms with Gasteiger partial charge in [0.25, 0.3) is 0 Å². The zero-order valence-electron chi connectivity index (χ0n) is 10.3. The molecule has 0 spiro atoms. The number of halogens is 1. The topological polar surface area (TPSA) is 29.3 Å². The summed E-state index contributed by atoms with van der Waals surface area (Å²) in [6, 6.07) is 5.00. The molecule has 0 aromatic heterocycles. The summed E-state index contributed by atoms with van der Waals surface area (Å²) < 4.78 is 13.3. The summed E-state index contributed by atoms with van der Waals surface area (Å²) in [4.78, 5) is 2.27. The van der Waals surface area contributed by atoms with Crippen LogP contribution in [0.2, 0.25) is 0 Å². The maximum atomic E-state index is 13.3. The zero-order chi connectivity index (χ0) is 12.1. The number of nitrogens with two attached hydrogens (primary N) is 1.